The van der Waals surface area contributed by atoms with Crippen LogP contribution in [-0.4, -0.2) is 30.8 Å². The van der Waals surface area contributed by atoms with Crippen molar-refractivity contribution in [3.63, 3.8) is 0 Å². The molecule has 0 aliphatic heterocycles. The number of ether oxygens (including phenoxy) is 2. The van der Waals surface area contributed by atoms with Gasteiger partial charge >= 0.3 is 12.1 Å². The number of hydrogen-bond acceptors (Lipinski definition) is 4. The van der Waals surface area contributed by atoms with E-state index in [9.17, 15) is 9.59 Å². The Morgan fingerprint density at radius 3 is 2.40 bits per heavy atom. The van der Waals surface area contributed by atoms with Crippen molar-refractivity contribution in [2.45, 2.75) is 52.7 Å². The van der Waals surface area contributed by atoms with Gasteiger partial charge in [0, 0.05) is 0 Å². The van der Waals surface area contributed by atoms with Gasteiger partial charge in [-0.15, -0.1) is 0 Å². The molecule has 0 radical (unpaired) electrons. The van der Waals surface area contributed by atoms with Gasteiger partial charge in [0.1, 0.15) is 5.60 Å². The molecule has 114 valence electrons. The fourth-order valence-electron chi connectivity index (χ4n) is 2.35. The quantitative estimate of drug-likeness (QED) is 0.639. The summed E-state index contributed by atoms with van der Waals surface area (Å²) >= 11 is 0. The molecule has 5 heteroatoms. The number of methoxy groups -OCH3 is 1. The molecule has 0 aromatic rings. The second-order valence-electron chi connectivity index (χ2n) is 6.50. The van der Waals surface area contributed by atoms with Gasteiger partial charge in [-0.1, -0.05) is 26.0 Å². The van der Waals surface area contributed by atoms with Crippen LogP contribution in [0.3, 0.4) is 0 Å². The van der Waals surface area contributed by atoms with E-state index in [1.807, 2.05) is 46.8 Å². The minimum Gasteiger partial charge on any atom is -0.468 e. The van der Waals surface area contributed by atoms with Gasteiger partial charge < -0.3 is 14.8 Å². The molecule has 2 atom stereocenters. The smallest absolute Gasteiger partial charge is 0.408 e. The predicted molar refractivity (Wildman–Crippen MR) is 76.2 cm³/mol. The second kappa shape index (κ2) is 5.85. The van der Waals surface area contributed by atoms with E-state index < -0.39 is 17.1 Å². The number of alkyl carbamates (subject to hydrolysis) is 1. The maximum Gasteiger partial charge on any atom is 0.408 e. The summed E-state index contributed by atoms with van der Waals surface area (Å²) < 4.78 is 10.1. The molecule has 1 aliphatic rings. The summed E-state index contributed by atoms with van der Waals surface area (Å²) in [7, 11) is 1.38. The van der Waals surface area contributed by atoms with E-state index in [2.05, 4.69) is 5.32 Å². The van der Waals surface area contributed by atoms with E-state index in [1.165, 1.54) is 7.11 Å². The van der Waals surface area contributed by atoms with Crippen molar-refractivity contribution < 1.29 is 19.1 Å². The molecule has 1 amide bonds. The molecule has 0 aromatic carbocycles. The summed E-state index contributed by atoms with van der Waals surface area (Å²) in [5.41, 5.74) is -1.21. The van der Waals surface area contributed by atoms with Crippen molar-refractivity contribution in [3.8, 4) is 0 Å². The number of carbonyl (C=O) groups is 2. The Morgan fingerprint density at radius 2 is 1.95 bits per heavy atom. The van der Waals surface area contributed by atoms with E-state index in [0.717, 1.165) is 0 Å². The summed E-state index contributed by atoms with van der Waals surface area (Å²) in [6.45, 7) is 9.37. The number of hydrogen-bond donors (Lipinski definition) is 1. The van der Waals surface area contributed by atoms with E-state index in [0.29, 0.717) is 6.42 Å². The van der Waals surface area contributed by atoms with Crippen LogP contribution in [0.1, 0.15) is 41.0 Å². The molecular formula is C15H25NO4. The van der Waals surface area contributed by atoms with Crippen LogP contribution in [0.5, 0.6) is 0 Å². The molecule has 1 aliphatic carbocycles. The van der Waals surface area contributed by atoms with Crippen LogP contribution in [0.15, 0.2) is 12.2 Å². The summed E-state index contributed by atoms with van der Waals surface area (Å²) in [5, 5.41) is 2.77. The zero-order valence-corrected chi connectivity index (χ0v) is 13.1. The van der Waals surface area contributed by atoms with Crippen LogP contribution in [-0.2, 0) is 14.3 Å². The largest absolute Gasteiger partial charge is 0.468 e. The third-order valence-corrected chi connectivity index (χ3v) is 3.48. The third-order valence-electron chi connectivity index (χ3n) is 3.48. The lowest BCUT2D eigenvalue weighted by Crippen LogP contribution is -2.41. The topological polar surface area (TPSA) is 64.6 Å². The average molecular weight is 283 g/mol. The highest BCUT2D eigenvalue weighted by Gasteiger charge is 2.45. The fraction of sp³-hybridized carbons (Fsp3) is 0.733. The van der Waals surface area contributed by atoms with Crippen molar-refractivity contribution in [1.29, 1.82) is 0 Å². The maximum atomic E-state index is 12.0. The summed E-state index contributed by atoms with van der Waals surface area (Å²) in [4.78, 5) is 23.8. The molecule has 0 spiro atoms. The summed E-state index contributed by atoms with van der Waals surface area (Å²) in [6, 6.07) is -0.216. The van der Waals surface area contributed by atoms with E-state index in [1.54, 1.807) is 0 Å². The first-order chi connectivity index (χ1) is 9.10. The van der Waals surface area contributed by atoms with Gasteiger partial charge in [0.25, 0.3) is 0 Å². The standard InChI is InChI=1S/C15H25NO4/c1-10(2)15(12(17)19-6)8-7-11(9-15)16-13(18)20-14(3,4)5/h7-8,10-11H,9H2,1-6H3,(H,16,18)/t11?,15-/m0/s1. The maximum absolute atomic E-state index is 12.0. The number of rotatable bonds is 3. The highest BCUT2D eigenvalue weighted by molar-refractivity contribution is 5.80. The van der Waals surface area contributed by atoms with Gasteiger partial charge in [0.05, 0.1) is 18.6 Å². The lowest BCUT2D eigenvalue weighted by atomic mass is 9.76. The van der Waals surface area contributed by atoms with Crippen molar-refractivity contribution in [2.24, 2.45) is 11.3 Å². The van der Waals surface area contributed by atoms with E-state index in [4.69, 9.17) is 9.47 Å². The van der Waals surface area contributed by atoms with Gasteiger partial charge in [-0.2, -0.15) is 0 Å². The van der Waals surface area contributed by atoms with Crippen molar-refractivity contribution in [1.82, 2.24) is 5.32 Å². The molecule has 1 rings (SSSR count). The highest BCUT2D eigenvalue weighted by atomic mass is 16.6. The highest BCUT2D eigenvalue weighted by Crippen LogP contribution is 2.40. The zero-order chi connectivity index (χ0) is 15.6. The van der Waals surface area contributed by atoms with Gasteiger partial charge in [-0.3, -0.25) is 4.79 Å². The van der Waals surface area contributed by atoms with E-state index >= 15 is 0 Å². The number of amides is 1. The monoisotopic (exact) mass is 283 g/mol. The van der Waals surface area contributed by atoms with E-state index in [-0.39, 0.29) is 17.9 Å². The van der Waals surface area contributed by atoms with Crippen LogP contribution in [0, 0.1) is 11.3 Å². The molecule has 0 aromatic heterocycles. The first-order valence-electron chi connectivity index (χ1n) is 6.88. The molecule has 20 heavy (non-hydrogen) atoms. The molecule has 0 heterocycles. The minimum absolute atomic E-state index is 0.0941. The Labute approximate surface area is 120 Å². The molecule has 0 saturated heterocycles. The van der Waals surface area contributed by atoms with Crippen molar-refractivity contribution in [3.05, 3.63) is 12.2 Å². The number of esters is 1. The summed E-state index contributed by atoms with van der Waals surface area (Å²) in [5.74, 6) is -0.172. The lowest BCUT2D eigenvalue weighted by Gasteiger charge is -2.30. The van der Waals surface area contributed by atoms with Gasteiger partial charge in [0.2, 0.25) is 0 Å². The predicted octanol–water partition coefficient (Wildman–Crippen LogP) is 2.66. The van der Waals surface area contributed by atoms with Crippen molar-refractivity contribution in [2.75, 3.05) is 7.11 Å². The second-order valence-corrected chi connectivity index (χ2v) is 6.50. The third kappa shape index (κ3) is 3.74. The molecule has 0 saturated carbocycles. The first kappa shape index (κ1) is 16.5. The molecule has 0 fully saturated rings. The zero-order valence-electron chi connectivity index (χ0n) is 13.1. The Hall–Kier alpha value is -1.52. The van der Waals surface area contributed by atoms with Crippen molar-refractivity contribution >= 4 is 12.1 Å². The molecule has 1 N–H and O–H groups in total. The molecular weight excluding hydrogens is 258 g/mol. The lowest BCUT2D eigenvalue weighted by molar-refractivity contribution is -0.152. The number of carbonyl (C=O) groups excluding carboxylic acids is 2. The normalized spacial score (nSPS) is 25.6. The molecule has 1 unspecified atom stereocenters. The van der Waals surface area contributed by atoms with Gasteiger partial charge in [-0.05, 0) is 33.1 Å². The van der Waals surface area contributed by atoms with Crippen LogP contribution in [0.2, 0.25) is 0 Å². The van der Waals surface area contributed by atoms with Crippen LogP contribution in [0.4, 0.5) is 4.79 Å². The Kier molecular flexibility index (Phi) is 4.84. The van der Waals surface area contributed by atoms with Gasteiger partial charge in [0.15, 0.2) is 0 Å². The van der Waals surface area contributed by atoms with Gasteiger partial charge in [-0.25, -0.2) is 4.79 Å². The number of nitrogens with one attached hydrogen (secondary N) is 1. The average Bonchev–Trinajstić information content (AvgIpc) is 2.70. The SMILES string of the molecule is COC(=O)[C@@]1(C(C)C)C=CC(NC(=O)OC(C)(C)C)C1. The Bertz CT molecular complexity index is 409. The minimum atomic E-state index is -0.672. The first-order valence-corrected chi connectivity index (χ1v) is 6.88. The molecule has 0 bridgehead atoms. The van der Waals surface area contributed by atoms with Crippen LogP contribution >= 0.6 is 0 Å². The Balaban J connectivity index is 2.70. The molecule has 5 nitrogen and oxygen atoms in total. The fourth-order valence-corrected chi connectivity index (χ4v) is 2.35. The summed E-state index contributed by atoms with van der Waals surface area (Å²) in [6.07, 6.45) is 3.69. The van der Waals surface area contributed by atoms with Crippen LogP contribution in [0.25, 0.3) is 0 Å². The van der Waals surface area contributed by atoms with Crippen LogP contribution < -0.4 is 5.32 Å². The Morgan fingerprint density at radius 1 is 1.35 bits per heavy atom.